The van der Waals surface area contributed by atoms with Gasteiger partial charge in [-0.05, 0) is 48.8 Å². The van der Waals surface area contributed by atoms with Crippen LogP contribution in [0, 0.1) is 11.8 Å². The predicted octanol–water partition coefficient (Wildman–Crippen LogP) is 5.51. The van der Waals surface area contributed by atoms with Crippen LogP contribution in [-0.4, -0.2) is 42.1 Å². The molecule has 3 N–H and O–H groups in total. The summed E-state index contributed by atoms with van der Waals surface area (Å²) in [7, 11) is 0. The minimum atomic E-state index is -0.691. The standard InChI is InChI=1S/C37H44N2O5/c1-3-5-20-32(23-28-16-9-6-10-17-28)37(43)44-27-34(30-21-13-8-14-22-30)39-36(42)31(15-4-2)25-35(41)38-33(26-40)24-29-18-11-7-12-19-29/h3-4,6-14,16-19,21-22,31-34,40H,1-2,5,15,20,23-27H2,(H,38,41)(H,39,42)/t31-,32-,33-,34-/m1/s1. The van der Waals surface area contributed by atoms with E-state index in [1.807, 2.05) is 91.0 Å². The molecule has 3 rings (SSSR count). The van der Waals surface area contributed by atoms with E-state index >= 15 is 0 Å². The van der Waals surface area contributed by atoms with Gasteiger partial charge < -0.3 is 20.5 Å². The van der Waals surface area contributed by atoms with Crippen molar-refractivity contribution in [3.05, 3.63) is 133 Å². The lowest BCUT2D eigenvalue weighted by molar-refractivity contribution is -0.150. The molecule has 0 unspecified atom stereocenters. The van der Waals surface area contributed by atoms with Crippen LogP contribution in [0.2, 0.25) is 0 Å². The first-order valence-corrected chi connectivity index (χ1v) is 15.1. The maximum absolute atomic E-state index is 13.5. The van der Waals surface area contributed by atoms with Crippen molar-refractivity contribution < 1.29 is 24.2 Å². The van der Waals surface area contributed by atoms with Crippen LogP contribution in [0.4, 0.5) is 0 Å². The highest BCUT2D eigenvalue weighted by Gasteiger charge is 2.27. The minimum absolute atomic E-state index is 0.0510. The number of allylic oxidation sites excluding steroid dienone is 2. The van der Waals surface area contributed by atoms with Crippen LogP contribution in [-0.2, 0) is 32.0 Å². The lowest BCUT2D eigenvalue weighted by Gasteiger charge is -2.24. The van der Waals surface area contributed by atoms with Crippen LogP contribution in [0.5, 0.6) is 0 Å². The van der Waals surface area contributed by atoms with Gasteiger partial charge in [-0.25, -0.2) is 0 Å². The van der Waals surface area contributed by atoms with E-state index < -0.39 is 18.0 Å². The zero-order valence-corrected chi connectivity index (χ0v) is 25.3. The lowest BCUT2D eigenvalue weighted by Crippen LogP contribution is -2.42. The van der Waals surface area contributed by atoms with Gasteiger partial charge in [0.1, 0.15) is 6.61 Å². The van der Waals surface area contributed by atoms with Crippen molar-refractivity contribution in [2.24, 2.45) is 11.8 Å². The first-order valence-electron chi connectivity index (χ1n) is 15.1. The maximum atomic E-state index is 13.5. The largest absolute Gasteiger partial charge is 0.463 e. The summed E-state index contributed by atoms with van der Waals surface area (Å²) in [5, 5.41) is 15.7. The molecule has 2 amide bonds. The number of hydrogen-bond donors (Lipinski definition) is 3. The Hall–Kier alpha value is -4.49. The molecule has 0 fully saturated rings. The SMILES string of the molecule is C=CCC[C@H](Cc1ccccc1)C(=O)OC[C@@H](NC(=O)[C@H](CC=C)CC(=O)N[C@@H](CO)Cc1ccccc1)c1ccccc1. The summed E-state index contributed by atoms with van der Waals surface area (Å²) in [5.74, 6) is -2.06. The summed E-state index contributed by atoms with van der Waals surface area (Å²) >= 11 is 0. The van der Waals surface area contributed by atoms with Crippen molar-refractivity contribution in [2.45, 2.75) is 50.6 Å². The number of carbonyl (C=O) groups is 3. The number of hydrogen-bond acceptors (Lipinski definition) is 5. The number of aliphatic hydroxyl groups excluding tert-OH is 1. The smallest absolute Gasteiger partial charge is 0.309 e. The van der Waals surface area contributed by atoms with E-state index in [0.29, 0.717) is 25.7 Å². The van der Waals surface area contributed by atoms with Gasteiger partial charge in [0, 0.05) is 6.42 Å². The molecule has 0 bridgehead atoms. The maximum Gasteiger partial charge on any atom is 0.309 e. The quantitative estimate of drug-likeness (QED) is 0.125. The van der Waals surface area contributed by atoms with Crippen molar-refractivity contribution in [1.82, 2.24) is 10.6 Å². The fourth-order valence-corrected chi connectivity index (χ4v) is 5.05. The summed E-state index contributed by atoms with van der Waals surface area (Å²) < 4.78 is 5.82. The number of rotatable bonds is 19. The molecule has 0 aliphatic rings. The molecular weight excluding hydrogens is 552 g/mol. The van der Waals surface area contributed by atoms with E-state index in [0.717, 1.165) is 16.7 Å². The van der Waals surface area contributed by atoms with Crippen molar-refractivity contribution in [1.29, 1.82) is 0 Å². The number of esters is 1. The number of nitrogens with one attached hydrogen (secondary N) is 2. The van der Waals surface area contributed by atoms with Crippen molar-refractivity contribution in [3.63, 3.8) is 0 Å². The highest BCUT2D eigenvalue weighted by atomic mass is 16.5. The van der Waals surface area contributed by atoms with Gasteiger partial charge in [-0.15, -0.1) is 13.2 Å². The molecule has 0 heterocycles. The normalized spacial score (nSPS) is 13.5. The highest BCUT2D eigenvalue weighted by Crippen LogP contribution is 2.20. The third kappa shape index (κ3) is 11.7. The molecular formula is C37H44N2O5. The molecule has 0 spiro atoms. The molecule has 0 aliphatic heterocycles. The Morgan fingerprint density at radius 3 is 1.93 bits per heavy atom. The van der Waals surface area contributed by atoms with E-state index in [1.165, 1.54) is 0 Å². The number of benzene rings is 3. The van der Waals surface area contributed by atoms with Crippen molar-refractivity contribution in [2.75, 3.05) is 13.2 Å². The molecule has 3 aromatic rings. The summed E-state index contributed by atoms with van der Waals surface area (Å²) in [4.78, 5) is 39.7. The Balaban J connectivity index is 1.66. The van der Waals surface area contributed by atoms with Gasteiger partial charge in [0.2, 0.25) is 11.8 Å². The van der Waals surface area contributed by atoms with E-state index in [2.05, 4.69) is 23.8 Å². The van der Waals surface area contributed by atoms with Gasteiger partial charge in [0.05, 0.1) is 30.5 Å². The third-order valence-electron chi connectivity index (χ3n) is 7.45. The van der Waals surface area contributed by atoms with Crippen LogP contribution in [0.15, 0.2) is 116 Å². The molecule has 0 saturated carbocycles. The molecule has 7 nitrogen and oxygen atoms in total. The van der Waals surface area contributed by atoms with Gasteiger partial charge in [-0.1, -0.05) is 103 Å². The summed E-state index contributed by atoms with van der Waals surface area (Å²) in [5.41, 5.74) is 2.82. The van der Waals surface area contributed by atoms with Gasteiger partial charge in [0.15, 0.2) is 0 Å². The second kappa shape index (κ2) is 18.9. The molecule has 0 saturated heterocycles. The van der Waals surface area contributed by atoms with Crippen LogP contribution in [0.1, 0.15) is 48.4 Å². The van der Waals surface area contributed by atoms with Gasteiger partial charge in [-0.3, -0.25) is 14.4 Å². The van der Waals surface area contributed by atoms with Crippen LogP contribution in [0.3, 0.4) is 0 Å². The van der Waals surface area contributed by atoms with Crippen molar-refractivity contribution >= 4 is 17.8 Å². The molecule has 4 atom stereocenters. The fourth-order valence-electron chi connectivity index (χ4n) is 5.05. The molecule has 3 aromatic carbocycles. The third-order valence-corrected chi connectivity index (χ3v) is 7.45. The number of aliphatic hydroxyl groups is 1. The van der Waals surface area contributed by atoms with E-state index in [4.69, 9.17) is 4.74 Å². The second-order valence-electron chi connectivity index (χ2n) is 10.9. The highest BCUT2D eigenvalue weighted by molar-refractivity contribution is 5.86. The summed E-state index contributed by atoms with van der Waals surface area (Å²) in [6.45, 7) is 7.28. The fraction of sp³-hybridized carbons (Fsp3) is 0.324. The average Bonchev–Trinajstić information content (AvgIpc) is 3.05. The van der Waals surface area contributed by atoms with E-state index in [-0.39, 0.29) is 49.8 Å². The lowest BCUT2D eigenvalue weighted by atomic mass is 9.94. The average molecular weight is 597 g/mol. The minimum Gasteiger partial charge on any atom is -0.463 e. The van der Waals surface area contributed by atoms with Gasteiger partial charge in [-0.2, -0.15) is 0 Å². The first-order chi connectivity index (χ1) is 21.4. The monoisotopic (exact) mass is 596 g/mol. The number of amides is 2. The Morgan fingerprint density at radius 1 is 0.773 bits per heavy atom. The topological polar surface area (TPSA) is 105 Å². The Morgan fingerprint density at radius 2 is 1.36 bits per heavy atom. The number of carbonyl (C=O) groups excluding carboxylic acids is 3. The molecule has 232 valence electrons. The predicted molar refractivity (Wildman–Crippen MR) is 173 cm³/mol. The molecule has 0 aromatic heterocycles. The summed E-state index contributed by atoms with van der Waals surface area (Å²) in [6, 6.07) is 27.6. The Bertz CT molecular complexity index is 1310. The second-order valence-corrected chi connectivity index (χ2v) is 10.9. The molecule has 0 aliphatic carbocycles. The molecule has 0 radical (unpaired) electrons. The Labute approximate surface area is 261 Å². The van der Waals surface area contributed by atoms with E-state index in [1.54, 1.807) is 12.2 Å². The summed E-state index contributed by atoms with van der Waals surface area (Å²) in [6.07, 6.45) is 5.91. The van der Waals surface area contributed by atoms with Crippen LogP contribution in [0.25, 0.3) is 0 Å². The zero-order chi connectivity index (χ0) is 31.6. The van der Waals surface area contributed by atoms with Gasteiger partial charge in [0.25, 0.3) is 0 Å². The molecule has 7 heteroatoms. The van der Waals surface area contributed by atoms with Crippen molar-refractivity contribution in [3.8, 4) is 0 Å². The van der Waals surface area contributed by atoms with Crippen LogP contribution >= 0.6 is 0 Å². The number of ether oxygens (including phenoxy) is 1. The van der Waals surface area contributed by atoms with Gasteiger partial charge >= 0.3 is 5.97 Å². The Kier molecular flexibility index (Phi) is 14.6. The van der Waals surface area contributed by atoms with E-state index in [9.17, 15) is 19.5 Å². The molecule has 44 heavy (non-hydrogen) atoms. The zero-order valence-electron chi connectivity index (χ0n) is 25.3. The van der Waals surface area contributed by atoms with Crippen LogP contribution < -0.4 is 10.6 Å². The first kappa shape index (κ1) is 34.0.